The normalized spacial score (nSPS) is 21.8. The molecule has 8 heteroatoms. The Morgan fingerprint density at radius 2 is 1.86 bits per heavy atom. The fourth-order valence-corrected chi connectivity index (χ4v) is 6.90. The smallest absolute Gasteiger partial charge is 0.225 e. The van der Waals surface area contributed by atoms with Crippen molar-refractivity contribution in [2.75, 3.05) is 18.6 Å². The molecule has 2 heterocycles. The van der Waals surface area contributed by atoms with Crippen molar-refractivity contribution in [2.45, 2.75) is 62.9 Å². The molecule has 37 heavy (non-hydrogen) atoms. The Labute approximate surface area is 226 Å². The largest absolute Gasteiger partial charge is 0.321 e. The van der Waals surface area contributed by atoms with Crippen molar-refractivity contribution in [3.05, 3.63) is 58.9 Å². The minimum Gasteiger partial charge on any atom is -0.321 e. The van der Waals surface area contributed by atoms with E-state index >= 15 is 0 Å². The van der Waals surface area contributed by atoms with E-state index in [9.17, 15) is 9.00 Å². The maximum Gasteiger partial charge on any atom is 0.225 e. The zero-order chi connectivity index (χ0) is 26.0. The highest BCUT2D eigenvalue weighted by molar-refractivity contribution is 7.81. The first-order valence-electron chi connectivity index (χ1n) is 13.1. The summed E-state index contributed by atoms with van der Waals surface area (Å²) in [6.45, 7) is 0. The van der Waals surface area contributed by atoms with Gasteiger partial charge >= 0.3 is 0 Å². The Hall–Kier alpha value is -2.39. The lowest BCUT2D eigenvalue weighted by atomic mass is 9.72. The summed E-state index contributed by atoms with van der Waals surface area (Å²) in [4.78, 5) is 17.5. The Morgan fingerprint density at radius 1 is 1.14 bits per heavy atom. The molecular formula is C29H36N4O2S2. The summed E-state index contributed by atoms with van der Waals surface area (Å²) in [6, 6.07) is 13.0. The molecule has 196 valence electrons. The lowest BCUT2D eigenvalue weighted by molar-refractivity contribution is -0.117. The molecule has 2 saturated carbocycles. The van der Waals surface area contributed by atoms with Crippen LogP contribution in [0.15, 0.2) is 53.4 Å². The Bertz CT molecular complexity index is 1250. The van der Waals surface area contributed by atoms with E-state index < -0.39 is 11.0 Å². The maximum atomic E-state index is 12.9. The predicted molar refractivity (Wildman–Crippen MR) is 154 cm³/mol. The maximum absolute atomic E-state index is 12.9. The number of carbonyl (C=O) groups excluding carboxylic acids is 1. The topological polar surface area (TPSA) is 88.3 Å². The average Bonchev–Trinajstić information content (AvgIpc) is 3.42. The number of hydrogen-bond acceptors (Lipinski definition) is 5. The van der Waals surface area contributed by atoms with Crippen LogP contribution in [0.1, 0.15) is 56.9 Å². The molecule has 1 aromatic carbocycles. The number of pyridine rings is 1. The summed E-state index contributed by atoms with van der Waals surface area (Å²) < 4.78 is 13.7. The number of nitrogens with zero attached hydrogens (tertiary/aromatic N) is 2. The summed E-state index contributed by atoms with van der Waals surface area (Å²) in [7, 11) is 0.972. The van der Waals surface area contributed by atoms with Gasteiger partial charge in [0.25, 0.3) is 0 Å². The summed E-state index contributed by atoms with van der Waals surface area (Å²) in [5.41, 5.74) is 11.8. The number of nitrogens with one attached hydrogen (secondary N) is 1. The molecule has 2 fully saturated rings. The van der Waals surface area contributed by atoms with Gasteiger partial charge in [-0.3, -0.25) is 4.79 Å². The van der Waals surface area contributed by atoms with Crippen LogP contribution < -0.4 is 11.1 Å². The fraction of sp³-hybridized carbons (Fsp3) is 0.448. The lowest BCUT2D eigenvalue weighted by Crippen LogP contribution is -2.43. The first-order valence-corrected chi connectivity index (χ1v) is 15.6. The number of amides is 1. The zero-order valence-electron chi connectivity index (χ0n) is 21.6. The Balaban J connectivity index is 1.28. The van der Waals surface area contributed by atoms with E-state index in [0.29, 0.717) is 24.2 Å². The van der Waals surface area contributed by atoms with Crippen LogP contribution in [-0.4, -0.2) is 38.8 Å². The monoisotopic (exact) mass is 536 g/mol. The van der Waals surface area contributed by atoms with E-state index in [1.54, 1.807) is 17.6 Å². The number of rotatable bonds is 8. The predicted octanol–water partition coefficient (Wildman–Crippen LogP) is 5.93. The van der Waals surface area contributed by atoms with Crippen molar-refractivity contribution in [2.24, 2.45) is 11.7 Å². The molecule has 1 amide bonds. The number of nitrogens with two attached hydrogens (primary N) is 1. The van der Waals surface area contributed by atoms with E-state index in [4.69, 9.17) is 5.73 Å². The van der Waals surface area contributed by atoms with Gasteiger partial charge in [0.05, 0.1) is 11.0 Å². The van der Waals surface area contributed by atoms with Gasteiger partial charge in [0.2, 0.25) is 5.91 Å². The number of anilines is 1. The van der Waals surface area contributed by atoms with Crippen LogP contribution in [0.2, 0.25) is 0 Å². The van der Waals surface area contributed by atoms with Gasteiger partial charge in [0, 0.05) is 43.1 Å². The van der Waals surface area contributed by atoms with Crippen LogP contribution >= 0.6 is 11.3 Å². The zero-order valence-corrected chi connectivity index (χ0v) is 23.2. The van der Waals surface area contributed by atoms with E-state index in [1.165, 1.54) is 12.0 Å². The number of aromatic nitrogens is 1. The van der Waals surface area contributed by atoms with Crippen LogP contribution in [0.5, 0.6) is 0 Å². The minimum absolute atomic E-state index is 0.00508. The van der Waals surface area contributed by atoms with Crippen LogP contribution in [0, 0.1) is 5.92 Å². The van der Waals surface area contributed by atoms with Gasteiger partial charge in [-0.2, -0.15) is 11.3 Å². The van der Waals surface area contributed by atoms with E-state index in [1.807, 2.05) is 23.6 Å². The molecule has 0 radical (unpaired) electrons. The van der Waals surface area contributed by atoms with Crippen LogP contribution in [0.25, 0.3) is 22.3 Å². The minimum atomic E-state index is -0.950. The van der Waals surface area contributed by atoms with E-state index in [2.05, 4.69) is 51.4 Å². The highest BCUT2D eigenvalue weighted by Crippen LogP contribution is 2.40. The number of carbonyl (C=O) groups is 1. The molecule has 0 bridgehead atoms. The third-order valence-electron chi connectivity index (χ3n) is 8.23. The highest BCUT2D eigenvalue weighted by atomic mass is 32.2. The van der Waals surface area contributed by atoms with Gasteiger partial charge in [-0.15, -0.1) is 0 Å². The second-order valence-corrected chi connectivity index (χ2v) is 12.8. The van der Waals surface area contributed by atoms with Crippen molar-refractivity contribution in [1.29, 1.82) is 0 Å². The second-order valence-electron chi connectivity index (χ2n) is 10.6. The third kappa shape index (κ3) is 5.87. The molecule has 1 atom stereocenters. The molecule has 0 saturated heterocycles. The Kier molecular flexibility index (Phi) is 7.91. The quantitative estimate of drug-likeness (QED) is 0.374. The summed E-state index contributed by atoms with van der Waals surface area (Å²) in [5.74, 6) is 0.938. The standard InChI is InChI=1S/C29H36N4O2S2/c1-33(37(2)35)24-10-4-20(5-11-24)16-28(34)32-27-17-25(22-12-15-36-19-22)26(18-31-27)21-6-8-23(9-7-21)29(30)13-3-14-29/h6-9,12,15,17-20,24H,3-5,10-11,13-14,16,30H2,1-2H3,(H,31,32,34). The SMILES string of the molecule is CN(C1CCC(CC(=O)Nc2cc(-c3ccsc3)c(-c3ccc(C4(N)CCC4)cc3)cn2)CC1)S(C)=O. The molecular weight excluding hydrogens is 500 g/mol. The van der Waals surface area contributed by atoms with Crippen molar-refractivity contribution < 1.29 is 9.00 Å². The fourth-order valence-electron chi connectivity index (χ4n) is 5.62. The van der Waals surface area contributed by atoms with Crippen molar-refractivity contribution >= 4 is 34.0 Å². The van der Waals surface area contributed by atoms with Gasteiger partial charge in [-0.1, -0.05) is 24.3 Å². The molecule has 0 spiro atoms. The molecule has 2 aliphatic rings. The molecule has 6 nitrogen and oxygen atoms in total. The first kappa shape index (κ1) is 26.2. The molecule has 0 aliphatic heterocycles. The first-order chi connectivity index (χ1) is 17.8. The van der Waals surface area contributed by atoms with Crippen molar-refractivity contribution in [3.63, 3.8) is 0 Å². The highest BCUT2D eigenvalue weighted by Gasteiger charge is 2.34. The number of benzene rings is 1. The van der Waals surface area contributed by atoms with Gasteiger partial charge in [-0.05, 0) is 96.0 Å². The molecule has 2 aromatic heterocycles. The van der Waals surface area contributed by atoms with Crippen LogP contribution in [0.4, 0.5) is 5.82 Å². The second kappa shape index (κ2) is 11.2. The molecule has 3 N–H and O–H groups in total. The summed E-state index contributed by atoms with van der Waals surface area (Å²) >= 11 is 1.65. The number of thiophene rings is 1. The van der Waals surface area contributed by atoms with Crippen LogP contribution in [-0.2, 0) is 21.3 Å². The van der Waals surface area contributed by atoms with Gasteiger partial charge < -0.3 is 11.1 Å². The van der Waals surface area contributed by atoms with E-state index in [0.717, 1.165) is 60.8 Å². The Morgan fingerprint density at radius 3 is 2.46 bits per heavy atom. The van der Waals surface area contributed by atoms with E-state index in [-0.39, 0.29) is 11.4 Å². The van der Waals surface area contributed by atoms with Crippen LogP contribution in [0.3, 0.4) is 0 Å². The average molecular weight is 537 g/mol. The van der Waals surface area contributed by atoms with Gasteiger partial charge in [0.1, 0.15) is 5.82 Å². The van der Waals surface area contributed by atoms with Crippen molar-refractivity contribution in [1.82, 2.24) is 9.29 Å². The van der Waals surface area contributed by atoms with Gasteiger partial charge in [0.15, 0.2) is 0 Å². The summed E-state index contributed by atoms with van der Waals surface area (Å²) in [6.07, 6.45) is 11.3. The lowest BCUT2D eigenvalue weighted by Gasteiger charge is -2.38. The molecule has 1 unspecified atom stereocenters. The third-order valence-corrected chi connectivity index (χ3v) is 10.0. The summed E-state index contributed by atoms with van der Waals surface area (Å²) in [5, 5.41) is 7.24. The molecule has 3 aromatic rings. The molecule has 2 aliphatic carbocycles. The molecule has 5 rings (SSSR count). The van der Waals surface area contributed by atoms with Crippen molar-refractivity contribution in [3.8, 4) is 22.3 Å². The number of hydrogen-bond donors (Lipinski definition) is 2. The van der Waals surface area contributed by atoms with Gasteiger partial charge in [-0.25, -0.2) is 13.5 Å².